The fourth-order valence-corrected chi connectivity index (χ4v) is 3.02. The molecule has 2 aromatic heterocycles. The van der Waals surface area contributed by atoms with E-state index in [2.05, 4.69) is 10.1 Å². The third kappa shape index (κ3) is 2.71. The predicted molar refractivity (Wildman–Crippen MR) is 86.0 cm³/mol. The molecule has 24 heavy (non-hydrogen) atoms. The number of furan rings is 1. The summed E-state index contributed by atoms with van der Waals surface area (Å²) in [5.74, 6) is 1.86. The van der Waals surface area contributed by atoms with Crippen molar-refractivity contribution in [3.8, 4) is 11.4 Å². The molecular weight excluding hydrogens is 306 g/mol. The molecular formula is C18H17N3O3. The lowest BCUT2D eigenvalue weighted by molar-refractivity contribution is -0.128. The van der Waals surface area contributed by atoms with Gasteiger partial charge in [-0.15, -0.1) is 0 Å². The van der Waals surface area contributed by atoms with Crippen LogP contribution in [0.2, 0.25) is 0 Å². The lowest BCUT2D eigenvalue weighted by Gasteiger charge is -2.13. The Labute approximate surface area is 139 Å². The van der Waals surface area contributed by atoms with Crippen molar-refractivity contribution in [2.75, 3.05) is 6.54 Å². The van der Waals surface area contributed by atoms with Crippen molar-refractivity contribution in [1.29, 1.82) is 0 Å². The van der Waals surface area contributed by atoms with Crippen LogP contribution in [0, 0.1) is 6.92 Å². The van der Waals surface area contributed by atoms with E-state index in [-0.39, 0.29) is 11.8 Å². The molecule has 0 aliphatic carbocycles. The number of likely N-dealkylation sites (tertiary alicyclic amines) is 1. The molecule has 0 radical (unpaired) electrons. The van der Waals surface area contributed by atoms with Gasteiger partial charge in [0.2, 0.25) is 17.6 Å². The molecule has 1 saturated heterocycles. The van der Waals surface area contributed by atoms with Gasteiger partial charge in [-0.05, 0) is 24.6 Å². The van der Waals surface area contributed by atoms with Crippen LogP contribution in [0.5, 0.6) is 0 Å². The number of rotatable bonds is 4. The number of hydrogen-bond acceptors (Lipinski definition) is 5. The third-order valence-electron chi connectivity index (χ3n) is 4.32. The smallest absolute Gasteiger partial charge is 0.232 e. The summed E-state index contributed by atoms with van der Waals surface area (Å²) < 4.78 is 10.7. The molecule has 6 nitrogen and oxygen atoms in total. The molecule has 3 heterocycles. The summed E-state index contributed by atoms with van der Waals surface area (Å²) in [5.41, 5.74) is 2.04. The van der Waals surface area contributed by atoms with E-state index in [0.29, 0.717) is 31.2 Å². The maximum atomic E-state index is 12.2. The second-order valence-electron chi connectivity index (χ2n) is 6.03. The highest BCUT2D eigenvalue weighted by Crippen LogP contribution is 2.30. The Morgan fingerprint density at radius 1 is 1.25 bits per heavy atom. The summed E-state index contributed by atoms with van der Waals surface area (Å²) in [6.07, 6.45) is 2.00. The van der Waals surface area contributed by atoms with Gasteiger partial charge in [0.15, 0.2) is 0 Å². The second kappa shape index (κ2) is 5.96. The number of carbonyl (C=O) groups excluding carboxylic acids is 1. The molecule has 0 spiro atoms. The minimum atomic E-state index is -0.0715. The van der Waals surface area contributed by atoms with Crippen LogP contribution in [0.3, 0.4) is 0 Å². The van der Waals surface area contributed by atoms with Crippen molar-refractivity contribution in [2.24, 2.45) is 0 Å². The molecule has 6 heteroatoms. The van der Waals surface area contributed by atoms with E-state index in [1.54, 1.807) is 11.2 Å². The van der Waals surface area contributed by atoms with E-state index < -0.39 is 0 Å². The van der Waals surface area contributed by atoms with Crippen LogP contribution in [0.1, 0.15) is 29.6 Å². The van der Waals surface area contributed by atoms with Crippen molar-refractivity contribution in [2.45, 2.75) is 25.8 Å². The Morgan fingerprint density at radius 2 is 2.12 bits per heavy atom. The Hall–Kier alpha value is -2.89. The Morgan fingerprint density at radius 3 is 2.92 bits per heavy atom. The molecule has 1 amide bonds. The highest BCUT2D eigenvalue weighted by molar-refractivity contribution is 5.79. The van der Waals surface area contributed by atoms with Gasteiger partial charge in [0, 0.05) is 18.5 Å². The first kappa shape index (κ1) is 14.7. The molecule has 3 aromatic rings. The van der Waals surface area contributed by atoms with Crippen LogP contribution in [-0.2, 0) is 11.3 Å². The standard InChI is InChI=1S/C18H17N3O3/c1-12-5-2-3-7-15(12)17-19-18(24-20-17)13-9-16(22)21(10-13)11-14-6-4-8-23-14/h2-8,13H,9-11H2,1H3/t13-/m0/s1. The second-order valence-corrected chi connectivity index (χ2v) is 6.03. The maximum Gasteiger partial charge on any atom is 0.232 e. The summed E-state index contributed by atoms with van der Waals surface area (Å²) in [5, 5.41) is 4.08. The summed E-state index contributed by atoms with van der Waals surface area (Å²) in [4.78, 5) is 18.5. The number of carbonyl (C=O) groups is 1. The van der Waals surface area contributed by atoms with Gasteiger partial charge in [-0.1, -0.05) is 29.4 Å². The third-order valence-corrected chi connectivity index (χ3v) is 4.32. The number of amides is 1. The average Bonchev–Trinajstić information content (AvgIpc) is 3.30. The quantitative estimate of drug-likeness (QED) is 0.737. The SMILES string of the molecule is Cc1ccccc1-c1noc([C@H]2CC(=O)N(Cc3ccco3)C2)n1. The van der Waals surface area contributed by atoms with E-state index >= 15 is 0 Å². The lowest BCUT2D eigenvalue weighted by Crippen LogP contribution is -2.24. The molecule has 0 unspecified atom stereocenters. The van der Waals surface area contributed by atoms with Crippen LogP contribution >= 0.6 is 0 Å². The molecule has 1 aliphatic rings. The lowest BCUT2D eigenvalue weighted by atomic mass is 10.1. The molecule has 0 saturated carbocycles. The van der Waals surface area contributed by atoms with Gasteiger partial charge in [-0.25, -0.2) is 0 Å². The maximum absolute atomic E-state index is 12.2. The van der Waals surface area contributed by atoms with Crippen molar-refractivity contribution < 1.29 is 13.7 Å². The normalized spacial score (nSPS) is 17.6. The molecule has 0 N–H and O–H groups in total. The molecule has 1 aromatic carbocycles. The first-order chi connectivity index (χ1) is 11.7. The first-order valence-electron chi connectivity index (χ1n) is 7.90. The molecule has 1 aliphatic heterocycles. The summed E-state index contributed by atoms with van der Waals surface area (Å²) >= 11 is 0. The van der Waals surface area contributed by atoms with E-state index in [0.717, 1.165) is 16.9 Å². The Bertz CT molecular complexity index is 854. The summed E-state index contributed by atoms with van der Waals surface area (Å²) in [6.45, 7) is 3.05. The molecule has 0 bridgehead atoms. The number of nitrogens with zero attached hydrogens (tertiary/aromatic N) is 3. The van der Waals surface area contributed by atoms with Crippen molar-refractivity contribution in [3.05, 3.63) is 59.9 Å². The topological polar surface area (TPSA) is 72.4 Å². The Balaban J connectivity index is 1.51. The first-order valence-corrected chi connectivity index (χ1v) is 7.90. The van der Waals surface area contributed by atoms with Gasteiger partial charge < -0.3 is 13.8 Å². The van der Waals surface area contributed by atoms with Gasteiger partial charge in [-0.2, -0.15) is 4.98 Å². The van der Waals surface area contributed by atoms with Crippen molar-refractivity contribution in [3.63, 3.8) is 0 Å². The summed E-state index contributed by atoms with van der Waals surface area (Å²) in [7, 11) is 0. The number of aromatic nitrogens is 2. The minimum Gasteiger partial charge on any atom is -0.467 e. The van der Waals surface area contributed by atoms with E-state index in [1.807, 2.05) is 43.3 Å². The van der Waals surface area contributed by atoms with Gasteiger partial charge in [0.05, 0.1) is 18.7 Å². The monoisotopic (exact) mass is 323 g/mol. The largest absolute Gasteiger partial charge is 0.467 e. The molecule has 1 atom stereocenters. The van der Waals surface area contributed by atoms with Crippen LogP contribution in [0.25, 0.3) is 11.4 Å². The van der Waals surface area contributed by atoms with E-state index in [4.69, 9.17) is 8.94 Å². The van der Waals surface area contributed by atoms with Crippen LogP contribution in [0.15, 0.2) is 51.6 Å². The van der Waals surface area contributed by atoms with Gasteiger partial charge in [0.1, 0.15) is 5.76 Å². The zero-order valence-corrected chi connectivity index (χ0v) is 13.3. The highest BCUT2D eigenvalue weighted by Gasteiger charge is 2.34. The van der Waals surface area contributed by atoms with E-state index in [9.17, 15) is 4.79 Å². The molecule has 122 valence electrons. The summed E-state index contributed by atoms with van der Waals surface area (Å²) in [6, 6.07) is 11.6. The zero-order chi connectivity index (χ0) is 16.5. The number of hydrogen-bond donors (Lipinski definition) is 0. The predicted octanol–water partition coefficient (Wildman–Crippen LogP) is 3.15. The van der Waals surface area contributed by atoms with Crippen molar-refractivity contribution >= 4 is 5.91 Å². The van der Waals surface area contributed by atoms with Gasteiger partial charge in [0.25, 0.3) is 0 Å². The van der Waals surface area contributed by atoms with Crippen molar-refractivity contribution in [1.82, 2.24) is 15.0 Å². The van der Waals surface area contributed by atoms with E-state index in [1.165, 1.54) is 0 Å². The van der Waals surface area contributed by atoms with Crippen LogP contribution in [0.4, 0.5) is 0 Å². The fourth-order valence-electron chi connectivity index (χ4n) is 3.02. The van der Waals surface area contributed by atoms with Crippen LogP contribution in [-0.4, -0.2) is 27.5 Å². The fraction of sp³-hybridized carbons (Fsp3) is 0.278. The number of aryl methyl sites for hydroxylation is 1. The zero-order valence-electron chi connectivity index (χ0n) is 13.3. The number of benzene rings is 1. The average molecular weight is 323 g/mol. The van der Waals surface area contributed by atoms with Gasteiger partial charge in [-0.3, -0.25) is 4.79 Å². The molecule has 1 fully saturated rings. The molecule has 4 rings (SSSR count). The highest BCUT2D eigenvalue weighted by atomic mass is 16.5. The van der Waals surface area contributed by atoms with Crippen LogP contribution < -0.4 is 0 Å². The Kier molecular flexibility index (Phi) is 3.65. The van der Waals surface area contributed by atoms with Gasteiger partial charge >= 0.3 is 0 Å². The minimum absolute atomic E-state index is 0.0715.